The lowest BCUT2D eigenvalue weighted by molar-refractivity contribution is 0.425. The van der Waals surface area contributed by atoms with Gasteiger partial charge in [-0.25, -0.2) is 0 Å². The number of phenols is 1. The van der Waals surface area contributed by atoms with Gasteiger partial charge in [-0.15, -0.1) is 0 Å². The minimum Gasteiger partial charge on any atom is -0.507 e. The number of aromatic nitrogens is 3. The third-order valence-corrected chi connectivity index (χ3v) is 3.24. The van der Waals surface area contributed by atoms with Crippen LogP contribution in [0, 0.1) is 6.92 Å². The minimum absolute atomic E-state index is 0.115. The molecule has 0 unspecified atom stereocenters. The van der Waals surface area contributed by atoms with Gasteiger partial charge in [-0.3, -0.25) is 4.98 Å². The first-order valence-electron chi connectivity index (χ1n) is 5.89. The van der Waals surface area contributed by atoms with Crippen LogP contribution in [-0.4, -0.2) is 20.2 Å². The summed E-state index contributed by atoms with van der Waals surface area (Å²) in [6.45, 7) is 1.90. The molecular formula is C14H10BrN3O2. The molecule has 1 N–H and O–H groups in total. The maximum Gasteiger partial charge on any atom is 0.262 e. The van der Waals surface area contributed by atoms with E-state index in [0.717, 1.165) is 10.0 Å². The van der Waals surface area contributed by atoms with Gasteiger partial charge in [0.2, 0.25) is 5.82 Å². The highest BCUT2D eigenvalue weighted by molar-refractivity contribution is 9.10. The number of hydrogen-bond acceptors (Lipinski definition) is 5. The molecular weight excluding hydrogens is 322 g/mol. The molecule has 0 fully saturated rings. The number of benzene rings is 1. The molecule has 1 aromatic carbocycles. The Morgan fingerprint density at radius 3 is 2.75 bits per heavy atom. The number of phenolic OH excluding ortho intramolecular Hbond substituents is 1. The van der Waals surface area contributed by atoms with Gasteiger partial charge < -0.3 is 9.63 Å². The molecule has 2 aromatic heterocycles. The highest BCUT2D eigenvalue weighted by Gasteiger charge is 2.14. The second-order valence-electron chi connectivity index (χ2n) is 4.31. The van der Waals surface area contributed by atoms with E-state index in [9.17, 15) is 5.11 Å². The molecule has 0 aliphatic heterocycles. The van der Waals surface area contributed by atoms with Gasteiger partial charge in [0.1, 0.15) is 11.4 Å². The van der Waals surface area contributed by atoms with E-state index in [1.54, 1.807) is 24.4 Å². The van der Waals surface area contributed by atoms with Crippen molar-refractivity contribution in [2.45, 2.75) is 6.92 Å². The van der Waals surface area contributed by atoms with Gasteiger partial charge >= 0.3 is 0 Å². The number of halogens is 1. The average Bonchev–Trinajstić information content (AvgIpc) is 2.89. The lowest BCUT2D eigenvalue weighted by Gasteiger charge is -1.99. The van der Waals surface area contributed by atoms with Crippen molar-refractivity contribution in [2.75, 3.05) is 0 Å². The highest BCUT2D eigenvalue weighted by atomic mass is 79.9. The monoisotopic (exact) mass is 331 g/mol. The van der Waals surface area contributed by atoms with Crippen LogP contribution in [-0.2, 0) is 0 Å². The summed E-state index contributed by atoms with van der Waals surface area (Å²) in [6.07, 6.45) is 1.66. The predicted molar refractivity (Wildman–Crippen MR) is 77.1 cm³/mol. The van der Waals surface area contributed by atoms with Gasteiger partial charge in [0.15, 0.2) is 0 Å². The lowest BCUT2D eigenvalue weighted by Crippen LogP contribution is -1.85. The zero-order valence-corrected chi connectivity index (χ0v) is 12.1. The molecule has 0 aliphatic rings. The van der Waals surface area contributed by atoms with Crippen LogP contribution >= 0.6 is 15.9 Å². The third kappa shape index (κ3) is 2.42. The van der Waals surface area contributed by atoms with Gasteiger partial charge in [0, 0.05) is 10.7 Å². The van der Waals surface area contributed by atoms with Crippen molar-refractivity contribution >= 4 is 15.9 Å². The maximum absolute atomic E-state index is 9.91. The molecule has 0 saturated heterocycles. The average molecular weight is 332 g/mol. The van der Waals surface area contributed by atoms with Gasteiger partial charge in [0.25, 0.3) is 5.89 Å². The SMILES string of the molecule is Cc1ccc(-c2nc(-c3ccc(Br)cn3)no2)c(O)c1. The highest BCUT2D eigenvalue weighted by Crippen LogP contribution is 2.29. The number of aromatic hydroxyl groups is 1. The van der Waals surface area contributed by atoms with E-state index in [1.807, 2.05) is 19.1 Å². The topological polar surface area (TPSA) is 72.0 Å². The molecule has 2 heterocycles. The van der Waals surface area contributed by atoms with Crippen molar-refractivity contribution in [3.05, 3.63) is 46.6 Å². The second-order valence-corrected chi connectivity index (χ2v) is 5.22. The number of aryl methyl sites for hydroxylation is 1. The van der Waals surface area contributed by atoms with Crippen LogP contribution in [0.5, 0.6) is 5.75 Å². The summed E-state index contributed by atoms with van der Waals surface area (Å²) in [7, 11) is 0. The molecule has 0 aliphatic carbocycles. The molecule has 3 aromatic rings. The Morgan fingerprint density at radius 1 is 1.20 bits per heavy atom. The number of nitrogens with zero attached hydrogens (tertiary/aromatic N) is 3. The van der Waals surface area contributed by atoms with E-state index < -0.39 is 0 Å². The minimum atomic E-state index is 0.115. The van der Waals surface area contributed by atoms with E-state index in [2.05, 4.69) is 31.1 Å². The Morgan fingerprint density at radius 2 is 2.05 bits per heavy atom. The number of pyridine rings is 1. The predicted octanol–water partition coefficient (Wildman–Crippen LogP) is 3.58. The molecule has 0 radical (unpaired) electrons. The maximum atomic E-state index is 9.91. The summed E-state index contributed by atoms with van der Waals surface area (Å²) in [6, 6.07) is 8.90. The fourth-order valence-corrected chi connectivity index (χ4v) is 2.00. The first kappa shape index (κ1) is 12.8. The van der Waals surface area contributed by atoms with Gasteiger partial charge in [-0.2, -0.15) is 4.98 Å². The van der Waals surface area contributed by atoms with Crippen LogP contribution < -0.4 is 0 Å². The largest absolute Gasteiger partial charge is 0.507 e. The Labute approximate surface area is 123 Å². The Hall–Kier alpha value is -2.21. The summed E-state index contributed by atoms with van der Waals surface area (Å²) in [5.74, 6) is 0.763. The Bertz CT molecular complexity index is 753. The second kappa shape index (κ2) is 5.05. The van der Waals surface area contributed by atoms with Crippen LogP contribution in [0.1, 0.15) is 5.56 Å². The fourth-order valence-electron chi connectivity index (χ4n) is 1.77. The van der Waals surface area contributed by atoms with Crippen LogP contribution in [0.15, 0.2) is 45.5 Å². The number of rotatable bonds is 2. The summed E-state index contributed by atoms with van der Waals surface area (Å²) in [4.78, 5) is 8.45. The molecule has 0 amide bonds. The first-order valence-corrected chi connectivity index (χ1v) is 6.68. The Balaban J connectivity index is 1.99. The van der Waals surface area contributed by atoms with Crippen molar-refractivity contribution in [1.82, 2.24) is 15.1 Å². The zero-order valence-electron chi connectivity index (χ0n) is 10.5. The van der Waals surface area contributed by atoms with E-state index in [4.69, 9.17) is 4.52 Å². The first-order chi connectivity index (χ1) is 9.63. The molecule has 0 spiro atoms. The number of hydrogen-bond donors (Lipinski definition) is 1. The van der Waals surface area contributed by atoms with E-state index in [0.29, 0.717) is 17.1 Å². The van der Waals surface area contributed by atoms with Gasteiger partial charge in [-0.1, -0.05) is 11.2 Å². The van der Waals surface area contributed by atoms with E-state index in [1.165, 1.54) is 0 Å². The summed E-state index contributed by atoms with van der Waals surface area (Å²) >= 11 is 3.32. The molecule has 0 atom stereocenters. The quantitative estimate of drug-likeness (QED) is 0.777. The van der Waals surface area contributed by atoms with Crippen LogP contribution in [0.4, 0.5) is 0 Å². The van der Waals surface area contributed by atoms with E-state index in [-0.39, 0.29) is 11.6 Å². The smallest absolute Gasteiger partial charge is 0.262 e. The molecule has 0 bridgehead atoms. The molecule has 3 rings (SSSR count). The van der Waals surface area contributed by atoms with Crippen LogP contribution in [0.25, 0.3) is 23.0 Å². The zero-order chi connectivity index (χ0) is 14.1. The summed E-state index contributed by atoms with van der Waals surface area (Å²) < 4.78 is 6.06. The lowest BCUT2D eigenvalue weighted by atomic mass is 10.1. The Kier molecular flexibility index (Phi) is 3.23. The molecule has 6 heteroatoms. The summed E-state index contributed by atoms with van der Waals surface area (Å²) in [5, 5.41) is 13.8. The van der Waals surface area contributed by atoms with Crippen LogP contribution in [0.2, 0.25) is 0 Å². The van der Waals surface area contributed by atoms with Crippen molar-refractivity contribution in [1.29, 1.82) is 0 Å². The van der Waals surface area contributed by atoms with E-state index >= 15 is 0 Å². The van der Waals surface area contributed by atoms with Crippen molar-refractivity contribution in [3.63, 3.8) is 0 Å². The van der Waals surface area contributed by atoms with Gasteiger partial charge in [-0.05, 0) is 52.7 Å². The third-order valence-electron chi connectivity index (χ3n) is 2.77. The van der Waals surface area contributed by atoms with Crippen molar-refractivity contribution < 1.29 is 9.63 Å². The van der Waals surface area contributed by atoms with Crippen molar-refractivity contribution in [2.24, 2.45) is 0 Å². The van der Waals surface area contributed by atoms with Gasteiger partial charge in [0.05, 0.1) is 5.56 Å². The fraction of sp³-hybridized carbons (Fsp3) is 0.0714. The normalized spacial score (nSPS) is 10.7. The summed E-state index contributed by atoms with van der Waals surface area (Å²) in [5.41, 5.74) is 2.07. The van der Waals surface area contributed by atoms with Crippen LogP contribution in [0.3, 0.4) is 0 Å². The molecule has 0 saturated carbocycles. The molecule has 100 valence electrons. The standard InChI is InChI=1S/C14H10BrN3O2/c1-8-2-4-10(12(19)6-8)14-17-13(18-20-14)11-5-3-9(15)7-16-11/h2-7,19H,1H3. The van der Waals surface area contributed by atoms with Crippen molar-refractivity contribution in [3.8, 4) is 28.7 Å². The molecule has 5 nitrogen and oxygen atoms in total. The molecule has 20 heavy (non-hydrogen) atoms.